The van der Waals surface area contributed by atoms with E-state index < -0.39 is 0 Å². The Hall–Kier alpha value is -0.910. The second-order valence-electron chi connectivity index (χ2n) is 5.46. The van der Waals surface area contributed by atoms with E-state index in [0.717, 1.165) is 35.2 Å². The van der Waals surface area contributed by atoms with Gasteiger partial charge in [-0.15, -0.1) is 0 Å². The second kappa shape index (κ2) is 6.70. The van der Waals surface area contributed by atoms with Gasteiger partial charge in [0.25, 0.3) is 0 Å². The summed E-state index contributed by atoms with van der Waals surface area (Å²) in [6.07, 6.45) is 0.964. The van der Waals surface area contributed by atoms with Crippen molar-refractivity contribution in [2.24, 2.45) is 5.92 Å². The topological polar surface area (TPSA) is 52.6 Å². The molecule has 0 aromatic heterocycles. The Morgan fingerprint density at radius 3 is 2.95 bits per heavy atom. The van der Waals surface area contributed by atoms with Crippen LogP contribution in [0.3, 0.4) is 0 Å². The first kappa shape index (κ1) is 15.5. The lowest BCUT2D eigenvalue weighted by Crippen LogP contribution is -2.40. The molecule has 1 heterocycles. The monoisotopic (exact) mass is 340 g/mol. The summed E-state index contributed by atoms with van der Waals surface area (Å²) < 4.78 is 1.04. The number of rotatable bonds is 4. The maximum Gasteiger partial charge on any atom is 0.241 e. The number of aryl methyl sites for hydroxylation is 1. The maximum absolute atomic E-state index is 12.3. The van der Waals surface area contributed by atoms with Crippen LogP contribution >= 0.6 is 15.9 Å². The molecule has 0 spiro atoms. The standard InChI is InChI=1S/C15H21BrN2O2/c1-10-7-13(3-4-14(10)16)17-15(20)11(2)18-6-5-12(8-18)9-19/h3-4,7,11-12,19H,5-6,8-9H2,1-2H3,(H,17,20). The van der Waals surface area contributed by atoms with Crippen molar-refractivity contribution in [2.75, 3.05) is 25.0 Å². The first-order valence-electron chi connectivity index (χ1n) is 6.93. The van der Waals surface area contributed by atoms with E-state index in [1.165, 1.54) is 0 Å². The van der Waals surface area contributed by atoms with Crippen LogP contribution in [0.25, 0.3) is 0 Å². The molecule has 4 nitrogen and oxygen atoms in total. The van der Waals surface area contributed by atoms with E-state index in [4.69, 9.17) is 5.11 Å². The third-order valence-corrected chi connectivity index (χ3v) is 4.82. The number of benzene rings is 1. The summed E-state index contributed by atoms with van der Waals surface area (Å²) in [6, 6.07) is 5.61. The van der Waals surface area contributed by atoms with Gasteiger partial charge in [-0.05, 0) is 56.5 Å². The van der Waals surface area contributed by atoms with Crippen molar-refractivity contribution in [3.05, 3.63) is 28.2 Å². The van der Waals surface area contributed by atoms with Gasteiger partial charge in [-0.1, -0.05) is 15.9 Å². The third kappa shape index (κ3) is 3.59. The number of anilines is 1. The number of nitrogens with one attached hydrogen (secondary N) is 1. The van der Waals surface area contributed by atoms with Gasteiger partial charge >= 0.3 is 0 Å². The number of nitrogens with zero attached hydrogens (tertiary/aromatic N) is 1. The molecule has 1 aromatic rings. The van der Waals surface area contributed by atoms with E-state index in [2.05, 4.69) is 26.1 Å². The highest BCUT2D eigenvalue weighted by atomic mass is 79.9. The van der Waals surface area contributed by atoms with Crippen LogP contribution in [-0.4, -0.2) is 41.7 Å². The predicted molar refractivity (Wildman–Crippen MR) is 83.7 cm³/mol. The Bertz CT molecular complexity index is 493. The quantitative estimate of drug-likeness (QED) is 0.884. The number of aliphatic hydroxyl groups excluding tert-OH is 1. The van der Waals surface area contributed by atoms with Crippen molar-refractivity contribution >= 4 is 27.5 Å². The molecule has 2 N–H and O–H groups in total. The zero-order valence-electron chi connectivity index (χ0n) is 11.9. The van der Waals surface area contributed by atoms with Gasteiger partial charge in [0.05, 0.1) is 6.04 Å². The Morgan fingerprint density at radius 2 is 2.35 bits per heavy atom. The molecule has 110 valence electrons. The highest BCUT2D eigenvalue weighted by Crippen LogP contribution is 2.22. The SMILES string of the molecule is Cc1cc(NC(=O)C(C)N2CCC(CO)C2)ccc1Br. The summed E-state index contributed by atoms with van der Waals surface area (Å²) in [5, 5.41) is 12.1. The van der Waals surface area contributed by atoms with E-state index in [-0.39, 0.29) is 18.6 Å². The van der Waals surface area contributed by atoms with Gasteiger partial charge in [-0.3, -0.25) is 9.69 Å². The average Bonchev–Trinajstić information content (AvgIpc) is 2.91. The lowest BCUT2D eigenvalue weighted by molar-refractivity contribution is -0.120. The van der Waals surface area contributed by atoms with E-state index in [0.29, 0.717) is 5.92 Å². The zero-order valence-corrected chi connectivity index (χ0v) is 13.5. The number of hydrogen-bond donors (Lipinski definition) is 2. The number of amides is 1. The molecule has 1 saturated heterocycles. The Morgan fingerprint density at radius 1 is 1.60 bits per heavy atom. The van der Waals surface area contributed by atoms with Crippen LogP contribution in [0.2, 0.25) is 0 Å². The van der Waals surface area contributed by atoms with Crippen molar-refractivity contribution in [1.82, 2.24) is 4.90 Å². The highest BCUT2D eigenvalue weighted by Gasteiger charge is 2.29. The van der Waals surface area contributed by atoms with Crippen LogP contribution in [0, 0.1) is 12.8 Å². The summed E-state index contributed by atoms with van der Waals surface area (Å²) in [5.41, 5.74) is 1.91. The molecule has 2 atom stereocenters. The second-order valence-corrected chi connectivity index (χ2v) is 6.32. The van der Waals surface area contributed by atoms with Crippen LogP contribution in [0.4, 0.5) is 5.69 Å². The number of likely N-dealkylation sites (tertiary alicyclic amines) is 1. The lowest BCUT2D eigenvalue weighted by Gasteiger charge is -2.23. The average molecular weight is 341 g/mol. The Balaban J connectivity index is 1.95. The van der Waals surface area contributed by atoms with E-state index in [9.17, 15) is 4.79 Å². The first-order chi connectivity index (χ1) is 9.51. The highest BCUT2D eigenvalue weighted by molar-refractivity contribution is 9.10. The van der Waals surface area contributed by atoms with Crippen LogP contribution in [0.5, 0.6) is 0 Å². The molecule has 0 radical (unpaired) electrons. The number of halogens is 1. The third-order valence-electron chi connectivity index (χ3n) is 3.93. The Labute approximate surface area is 128 Å². The molecule has 1 aliphatic rings. The number of aliphatic hydroxyl groups is 1. The molecule has 0 bridgehead atoms. The minimum atomic E-state index is -0.171. The minimum Gasteiger partial charge on any atom is -0.396 e. The molecule has 1 aromatic carbocycles. The number of carbonyl (C=O) groups excluding carboxylic acids is 1. The van der Waals surface area contributed by atoms with Gasteiger partial charge < -0.3 is 10.4 Å². The van der Waals surface area contributed by atoms with Gasteiger partial charge in [0.1, 0.15) is 0 Å². The zero-order chi connectivity index (χ0) is 14.7. The van der Waals surface area contributed by atoms with Crippen molar-refractivity contribution in [3.8, 4) is 0 Å². The van der Waals surface area contributed by atoms with Crippen LogP contribution in [0.15, 0.2) is 22.7 Å². The van der Waals surface area contributed by atoms with Gasteiger partial charge in [0, 0.05) is 23.3 Å². The summed E-state index contributed by atoms with van der Waals surface area (Å²) in [6.45, 7) is 5.79. The molecule has 20 heavy (non-hydrogen) atoms. The van der Waals surface area contributed by atoms with Crippen LogP contribution in [0.1, 0.15) is 18.9 Å². The molecular weight excluding hydrogens is 320 g/mol. The van der Waals surface area contributed by atoms with E-state index >= 15 is 0 Å². The molecule has 2 rings (SSSR count). The van der Waals surface area contributed by atoms with Crippen molar-refractivity contribution in [2.45, 2.75) is 26.3 Å². The fourth-order valence-electron chi connectivity index (χ4n) is 2.50. The van der Waals surface area contributed by atoms with Gasteiger partial charge in [0.15, 0.2) is 0 Å². The molecule has 2 unspecified atom stereocenters. The van der Waals surface area contributed by atoms with Crippen LogP contribution < -0.4 is 5.32 Å². The van der Waals surface area contributed by atoms with Gasteiger partial charge in [-0.2, -0.15) is 0 Å². The molecular formula is C15H21BrN2O2. The van der Waals surface area contributed by atoms with Crippen LogP contribution in [-0.2, 0) is 4.79 Å². The summed E-state index contributed by atoms with van der Waals surface area (Å²) in [7, 11) is 0. The predicted octanol–water partition coefficient (Wildman–Crippen LogP) is 2.40. The molecule has 5 heteroatoms. The van der Waals surface area contributed by atoms with E-state index in [1.807, 2.05) is 32.0 Å². The smallest absolute Gasteiger partial charge is 0.241 e. The summed E-state index contributed by atoms with van der Waals surface area (Å²) in [4.78, 5) is 14.4. The maximum atomic E-state index is 12.3. The number of hydrogen-bond acceptors (Lipinski definition) is 3. The minimum absolute atomic E-state index is 0.00492. The molecule has 1 fully saturated rings. The van der Waals surface area contributed by atoms with E-state index in [1.54, 1.807) is 0 Å². The Kier molecular flexibility index (Phi) is 5.18. The first-order valence-corrected chi connectivity index (χ1v) is 7.72. The largest absolute Gasteiger partial charge is 0.396 e. The molecule has 1 aliphatic heterocycles. The lowest BCUT2D eigenvalue weighted by atomic mass is 10.1. The fraction of sp³-hybridized carbons (Fsp3) is 0.533. The normalized spacial score (nSPS) is 20.9. The summed E-state index contributed by atoms with van der Waals surface area (Å²) in [5.74, 6) is 0.311. The van der Waals surface area contributed by atoms with Gasteiger partial charge in [0.2, 0.25) is 5.91 Å². The molecule has 0 saturated carbocycles. The fourth-order valence-corrected chi connectivity index (χ4v) is 2.75. The van der Waals surface area contributed by atoms with Crippen molar-refractivity contribution in [3.63, 3.8) is 0 Å². The summed E-state index contributed by atoms with van der Waals surface area (Å²) >= 11 is 3.45. The molecule has 1 amide bonds. The van der Waals surface area contributed by atoms with Crippen molar-refractivity contribution in [1.29, 1.82) is 0 Å². The number of carbonyl (C=O) groups is 1. The van der Waals surface area contributed by atoms with Gasteiger partial charge in [-0.25, -0.2) is 0 Å². The molecule has 0 aliphatic carbocycles. The van der Waals surface area contributed by atoms with Crippen molar-refractivity contribution < 1.29 is 9.90 Å².